The van der Waals surface area contributed by atoms with Crippen LogP contribution in [0.15, 0.2) is 24.3 Å². The van der Waals surface area contributed by atoms with Crippen LogP contribution in [-0.2, 0) is 4.79 Å². The van der Waals surface area contributed by atoms with Crippen LogP contribution in [0.1, 0.15) is 10.4 Å². The first-order valence-electron chi connectivity index (χ1n) is 5.17. The van der Waals surface area contributed by atoms with Gasteiger partial charge in [-0.05, 0) is 24.3 Å². The largest absolute Gasteiger partial charge is 0.480 e. The fraction of sp³-hybridized carbons (Fsp3) is 0.273. The van der Waals surface area contributed by atoms with Gasteiger partial charge in [-0.15, -0.1) is 0 Å². The minimum absolute atomic E-state index is 0.154. The lowest BCUT2D eigenvalue weighted by Gasteiger charge is -2.06. The van der Waals surface area contributed by atoms with Crippen LogP contribution in [-0.4, -0.2) is 36.6 Å². The molecular weight excluding hydrogens is 222 g/mol. The van der Waals surface area contributed by atoms with Crippen molar-refractivity contribution >= 4 is 17.6 Å². The molecule has 0 radical (unpaired) electrons. The summed E-state index contributed by atoms with van der Waals surface area (Å²) in [5, 5.41) is 13.8. The molecule has 0 heterocycles. The van der Waals surface area contributed by atoms with E-state index in [0.29, 0.717) is 24.3 Å². The highest BCUT2D eigenvalue weighted by Crippen LogP contribution is 2.08. The van der Waals surface area contributed by atoms with Crippen LogP contribution in [0.25, 0.3) is 0 Å². The number of benzene rings is 1. The SMILES string of the molecule is NCCNC(=O)c1ccc(NCC(=O)O)cc1. The molecule has 6 nitrogen and oxygen atoms in total. The Morgan fingerprint density at radius 1 is 1.24 bits per heavy atom. The molecule has 1 aromatic carbocycles. The number of amides is 1. The van der Waals surface area contributed by atoms with Crippen molar-refractivity contribution in [3.63, 3.8) is 0 Å². The number of rotatable bonds is 6. The average molecular weight is 237 g/mol. The number of anilines is 1. The van der Waals surface area contributed by atoms with E-state index in [1.807, 2.05) is 0 Å². The second kappa shape index (κ2) is 6.49. The van der Waals surface area contributed by atoms with Crippen LogP contribution in [0.5, 0.6) is 0 Å². The third-order valence-electron chi connectivity index (χ3n) is 2.02. The molecule has 1 amide bonds. The first kappa shape index (κ1) is 13.0. The molecule has 17 heavy (non-hydrogen) atoms. The number of aliphatic carboxylic acids is 1. The summed E-state index contributed by atoms with van der Waals surface area (Å²) in [7, 11) is 0. The molecule has 0 fully saturated rings. The maximum Gasteiger partial charge on any atom is 0.322 e. The molecular formula is C11H15N3O3. The van der Waals surface area contributed by atoms with Crippen molar-refractivity contribution in [2.24, 2.45) is 5.73 Å². The predicted molar refractivity (Wildman–Crippen MR) is 64.0 cm³/mol. The lowest BCUT2D eigenvalue weighted by Crippen LogP contribution is -2.28. The number of carbonyl (C=O) groups is 2. The molecule has 5 N–H and O–H groups in total. The smallest absolute Gasteiger partial charge is 0.322 e. The van der Waals surface area contributed by atoms with Crippen molar-refractivity contribution in [1.29, 1.82) is 0 Å². The number of hydrogen-bond donors (Lipinski definition) is 4. The zero-order chi connectivity index (χ0) is 12.7. The van der Waals surface area contributed by atoms with Gasteiger partial charge >= 0.3 is 5.97 Å². The third kappa shape index (κ3) is 4.52. The van der Waals surface area contributed by atoms with Gasteiger partial charge in [-0.25, -0.2) is 0 Å². The minimum atomic E-state index is -0.935. The van der Waals surface area contributed by atoms with Gasteiger partial charge in [0.15, 0.2) is 0 Å². The molecule has 0 spiro atoms. The topological polar surface area (TPSA) is 104 Å². The normalized spacial score (nSPS) is 9.71. The van der Waals surface area contributed by atoms with E-state index in [4.69, 9.17) is 10.8 Å². The molecule has 0 aromatic heterocycles. The summed E-state index contributed by atoms with van der Waals surface area (Å²) in [4.78, 5) is 21.8. The molecule has 0 saturated heterocycles. The van der Waals surface area contributed by atoms with E-state index in [2.05, 4.69) is 10.6 Å². The van der Waals surface area contributed by atoms with Crippen LogP contribution in [0.3, 0.4) is 0 Å². The lowest BCUT2D eigenvalue weighted by molar-refractivity contribution is -0.134. The summed E-state index contributed by atoms with van der Waals surface area (Å²) in [6.45, 7) is 0.667. The second-order valence-corrected chi connectivity index (χ2v) is 3.37. The maximum absolute atomic E-state index is 11.5. The van der Waals surface area contributed by atoms with Gasteiger partial charge in [-0.1, -0.05) is 0 Å². The quantitative estimate of drug-likeness (QED) is 0.551. The van der Waals surface area contributed by atoms with E-state index in [0.717, 1.165) is 0 Å². The molecule has 0 saturated carbocycles. The summed E-state index contributed by atoms with van der Waals surface area (Å²) >= 11 is 0. The number of nitrogens with two attached hydrogens (primary N) is 1. The molecule has 0 bridgehead atoms. The number of carbonyl (C=O) groups excluding carboxylic acids is 1. The number of nitrogens with one attached hydrogen (secondary N) is 2. The Balaban J connectivity index is 2.55. The second-order valence-electron chi connectivity index (χ2n) is 3.37. The fourth-order valence-electron chi connectivity index (χ4n) is 1.20. The summed E-state index contributed by atoms with van der Waals surface area (Å²) in [5.41, 5.74) is 6.44. The van der Waals surface area contributed by atoms with Gasteiger partial charge in [0.25, 0.3) is 5.91 Å². The summed E-state index contributed by atoms with van der Waals surface area (Å²) in [6, 6.07) is 6.55. The monoisotopic (exact) mass is 237 g/mol. The standard InChI is InChI=1S/C11H15N3O3/c12-5-6-13-11(17)8-1-3-9(4-2-8)14-7-10(15)16/h1-4,14H,5-7,12H2,(H,13,17)(H,15,16). The van der Waals surface area contributed by atoms with Crippen LogP contribution >= 0.6 is 0 Å². The molecule has 0 aliphatic rings. The number of carboxylic acid groups (broad SMARTS) is 1. The van der Waals surface area contributed by atoms with E-state index < -0.39 is 5.97 Å². The molecule has 92 valence electrons. The van der Waals surface area contributed by atoms with Gasteiger partial charge in [0, 0.05) is 24.3 Å². The van der Waals surface area contributed by atoms with Crippen molar-refractivity contribution in [2.45, 2.75) is 0 Å². The number of hydrogen-bond acceptors (Lipinski definition) is 4. The molecule has 1 aromatic rings. The molecule has 1 rings (SSSR count). The van der Waals surface area contributed by atoms with Crippen LogP contribution in [0, 0.1) is 0 Å². The molecule has 0 aliphatic heterocycles. The van der Waals surface area contributed by atoms with E-state index in [1.165, 1.54) is 0 Å². The Bertz CT molecular complexity index is 389. The Morgan fingerprint density at radius 2 is 1.88 bits per heavy atom. The van der Waals surface area contributed by atoms with Crippen molar-refractivity contribution in [2.75, 3.05) is 25.0 Å². The average Bonchev–Trinajstić information content (AvgIpc) is 2.34. The minimum Gasteiger partial charge on any atom is -0.480 e. The highest BCUT2D eigenvalue weighted by atomic mass is 16.4. The molecule has 0 atom stereocenters. The summed E-state index contributed by atoms with van der Waals surface area (Å²) in [6.07, 6.45) is 0. The molecule has 6 heteroatoms. The zero-order valence-electron chi connectivity index (χ0n) is 9.27. The highest BCUT2D eigenvalue weighted by molar-refractivity contribution is 5.94. The van der Waals surface area contributed by atoms with Crippen LogP contribution in [0.2, 0.25) is 0 Å². The fourth-order valence-corrected chi connectivity index (χ4v) is 1.20. The van der Waals surface area contributed by atoms with Crippen LogP contribution in [0.4, 0.5) is 5.69 Å². The van der Waals surface area contributed by atoms with Crippen LogP contribution < -0.4 is 16.4 Å². The Hall–Kier alpha value is -2.08. The molecule has 0 aliphatic carbocycles. The lowest BCUT2D eigenvalue weighted by atomic mass is 10.2. The van der Waals surface area contributed by atoms with Gasteiger partial charge in [0.1, 0.15) is 6.54 Å². The third-order valence-corrected chi connectivity index (χ3v) is 2.02. The van der Waals surface area contributed by atoms with E-state index in [-0.39, 0.29) is 12.5 Å². The maximum atomic E-state index is 11.5. The van der Waals surface area contributed by atoms with E-state index in [9.17, 15) is 9.59 Å². The Kier molecular flexibility index (Phi) is 4.96. The summed E-state index contributed by atoms with van der Waals surface area (Å²) < 4.78 is 0. The van der Waals surface area contributed by atoms with Gasteiger partial charge < -0.3 is 21.5 Å². The predicted octanol–water partition coefficient (Wildman–Crippen LogP) is -0.128. The number of carboxylic acids is 1. The highest BCUT2D eigenvalue weighted by Gasteiger charge is 2.04. The van der Waals surface area contributed by atoms with Gasteiger partial charge in [0.2, 0.25) is 0 Å². The van der Waals surface area contributed by atoms with Gasteiger partial charge in [-0.2, -0.15) is 0 Å². The van der Waals surface area contributed by atoms with Crippen molar-refractivity contribution in [3.05, 3.63) is 29.8 Å². The molecule has 0 unspecified atom stereocenters. The Morgan fingerprint density at radius 3 is 2.41 bits per heavy atom. The zero-order valence-corrected chi connectivity index (χ0v) is 9.27. The first-order chi connectivity index (χ1) is 8.13. The van der Waals surface area contributed by atoms with E-state index >= 15 is 0 Å². The van der Waals surface area contributed by atoms with Crippen molar-refractivity contribution in [1.82, 2.24) is 5.32 Å². The van der Waals surface area contributed by atoms with Gasteiger partial charge in [-0.3, -0.25) is 9.59 Å². The Labute approximate surface area is 98.8 Å². The van der Waals surface area contributed by atoms with Gasteiger partial charge in [0.05, 0.1) is 0 Å². The first-order valence-corrected chi connectivity index (χ1v) is 5.17. The van der Waals surface area contributed by atoms with E-state index in [1.54, 1.807) is 24.3 Å². The van der Waals surface area contributed by atoms with Crippen molar-refractivity contribution < 1.29 is 14.7 Å². The van der Waals surface area contributed by atoms with Crippen molar-refractivity contribution in [3.8, 4) is 0 Å². The summed E-state index contributed by atoms with van der Waals surface area (Å²) in [5.74, 6) is -1.13.